The molecule has 0 saturated carbocycles. The number of nitrogens with one attached hydrogen (secondary N) is 1. The third kappa shape index (κ3) is 2.89. The lowest BCUT2D eigenvalue weighted by Crippen LogP contribution is -2.37. The molecule has 4 heteroatoms. The normalized spacial score (nSPS) is 21.1. The number of hydrogen-bond acceptors (Lipinski definition) is 4. The number of pyridine rings is 1. The summed E-state index contributed by atoms with van der Waals surface area (Å²) >= 11 is 2.05. The maximum atomic E-state index is 4.53. The highest BCUT2D eigenvalue weighted by molar-refractivity contribution is 8.00. The van der Waals surface area contributed by atoms with E-state index in [1.54, 1.807) is 0 Å². The van der Waals surface area contributed by atoms with Crippen molar-refractivity contribution in [1.29, 1.82) is 0 Å². The van der Waals surface area contributed by atoms with E-state index in [-0.39, 0.29) is 0 Å². The van der Waals surface area contributed by atoms with Crippen LogP contribution in [0.5, 0.6) is 0 Å². The Labute approximate surface area is 102 Å². The lowest BCUT2D eigenvalue weighted by Gasteiger charge is -2.31. The van der Waals surface area contributed by atoms with Crippen LogP contribution in [0.15, 0.2) is 18.3 Å². The van der Waals surface area contributed by atoms with Gasteiger partial charge in [-0.3, -0.25) is 0 Å². The second-order valence-electron chi connectivity index (χ2n) is 4.18. The zero-order valence-electron chi connectivity index (χ0n) is 9.94. The number of nitrogens with zero attached hydrogens (tertiary/aromatic N) is 2. The fourth-order valence-electron chi connectivity index (χ4n) is 1.94. The van der Waals surface area contributed by atoms with Crippen LogP contribution in [0.2, 0.25) is 0 Å². The molecule has 1 unspecified atom stereocenters. The van der Waals surface area contributed by atoms with Crippen molar-refractivity contribution in [1.82, 2.24) is 10.3 Å². The molecule has 1 saturated heterocycles. The summed E-state index contributed by atoms with van der Waals surface area (Å²) in [7, 11) is 1.96. The first-order chi connectivity index (χ1) is 7.79. The van der Waals surface area contributed by atoms with Gasteiger partial charge in [-0.25, -0.2) is 4.98 Å². The minimum atomic E-state index is 0.715. The molecule has 0 aliphatic carbocycles. The number of aromatic nitrogens is 1. The van der Waals surface area contributed by atoms with Gasteiger partial charge in [-0.15, -0.1) is 0 Å². The molecule has 0 aromatic carbocycles. The molecule has 0 radical (unpaired) electrons. The molecular weight excluding hydrogens is 218 g/mol. The summed E-state index contributed by atoms with van der Waals surface area (Å²) in [5.41, 5.74) is 1.24. The Kier molecular flexibility index (Phi) is 4.07. The molecule has 1 fully saturated rings. The minimum Gasteiger partial charge on any atom is -0.355 e. The molecule has 1 N–H and O–H groups in total. The van der Waals surface area contributed by atoms with Gasteiger partial charge in [0.15, 0.2) is 0 Å². The van der Waals surface area contributed by atoms with Crippen LogP contribution in [0, 0.1) is 0 Å². The summed E-state index contributed by atoms with van der Waals surface area (Å²) in [5, 5.41) is 3.85. The summed E-state index contributed by atoms with van der Waals surface area (Å²) in [5.74, 6) is 2.33. The van der Waals surface area contributed by atoms with E-state index in [1.165, 1.54) is 11.3 Å². The molecule has 1 aliphatic rings. The predicted molar refractivity (Wildman–Crippen MR) is 71.1 cm³/mol. The molecule has 2 heterocycles. The number of hydrogen-bond donors (Lipinski definition) is 1. The Morgan fingerprint density at radius 1 is 1.56 bits per heavy atom. The third-order valence-electron chi connectivity index (χ3n) is 2.76. The molecule has 2 rings (SSSR count). The number of rotatable bonds is 3. The largest absolute Gasteiger partial charge is 0.355 e. The van der Waals surface area contributed by atoms with Gasteiger partial charge in [0, 0.05) is 36.8 Å². The molecule has 0 amide bonds. The van der Waals surface area contributed by atoms with Crippen LogP contribution < -0.4 is 10.2 Å². The van der Waals surface area contributed by atoms with Gasteiger partial charge in [0.25, 0.3) is 0 Å². The summed E-state index contributed by atoms with van der Waals surface area (Å²) in [6.07, 6.45) is 1.97. The van der Waals surface area contributed by atoms with E-state index in [0.29, 0.717) is 5.25 Å². The number of anilines is 1. The van der Waals surface area contributed by atoms with Crippen LogP contribution in [0.1, 0.15) is 12.5 Å². The molecule has 88 valence electrons. The van der Waals surface area contributed by atoms with E-state index in [4.69, 9.17) is 0 Å². The van der Waals surface area contributed by atoms with E-state index in [2.05, 4.69) is 34.3 Å². The molecule has 16 heavy (non-hydrogen) atoms. The Bertz CT molecular complexity index is 326. The van der Waals surface area contributed by atoms with Crippen molar-refractivity contribution in [2.45, 2.75) is 18.7 Å². The summed E-state index contributed by atoms with van der Waals surface area (Å²) in [6.45, 7) is 5.40. The van der Waals surface area contributed by atoms with Crippen molar-refractivity contribution < 1.29 is 0 Å². The van der Waals surface area contributed by atoms with Gasteiger partial charge in [0.05, 0.1) is 0 Å². The Balaban J connectivity index is 2.03. The van der Waals surface area contributed by atoms with Gasteiger partial charge in [0.1, 0.15) is 5.82 Å². The zero-order valence-corrected chi connectivity index (χ0v) is 10.8. The van der Waals surface area contributed by atoms with Crippen molar-refractivity contribution in [3.8, 4) is 0 Å². The van der Waals surface area contributed by atoms with Gasteiger partial charge in [0.2, 0.25) is 0 Å². The molecule has 1 aromatic rings. The predicted octanol–water partition coefficient (Wildman–Crippen LogP) is 1.74. The molecule has 1 aromatic heterocycles. The van der Waals surface area contributed by atoms with E-state index < -0.39 is 0 Å². The Hall–Kier alpha value is -0.740. The molecule has 0 bridgehead atoms. The highest BCUT2D eigenvalue weighted by atomic mass is 32.2. The van der Waals surface area contributed by atoms with Crippen LogP contribution >= 0.6 is 11.8 Å². The fourth-order valence-corrected chi connectivity index (χ4v) is 2.95. The van der Waals surface area contributed by atoms with Crippen LogP contribution in [-0.4, -0.2) is 36.1 Å². The average Bonchev–Trinajstić information content (AvgIpc) is 2.30. The van der Waals surface area contributed by atoms with Crippen LogP contribution in [-0.2, 0) is 6.54 Å². The summed E-state index contributed by atoms with van der Waals surface area (Å²) < 4.78 is 0. The first kappa shape index (κ1) is 11.7. The van der Waals surface area contributed by atoms with Crippen LogP contribution in [0.3, 0.4) is 0 Å². The van der Waals surface area contributed by atoms with Gasteiger partial charge < -0.3 is 10.2 Å². The summed E-state index contributed by atoms with van der Waals surface area (Å²) in [4.78, 5) is 6.91. The molecular formula is C12H19N3S. The zero-order chi connectivity index (χ0) is 11.4. The van der Waals surface area contributed by atoms with Gasteiger partial charge in [-0.2, -0.15) is 11.8 Å². The van der Waals surface area contributed by atoms with E-state index >= 15 is 0 Å². The van der Waals surface area contributed by atoms with Crippen molar-refractivity contribution in [3.63, 3.8) is 0 Å². The van der Waals surface area contributed by atoms with Gasteiger partial charge >= 0.3 is 0 Å². The quantitative estimate of drug-likeness (QED) is 0.867. The maximum absolute atomic E-state index is 4.53. The lowest BCUT2D eigenvalue weighted by atomic mass is 10.2. The molecule has 1 aliphatic heterocycles. The SMILES string of the molecule is CNCc1ccc(N2CCSC(C)C2)nc1. The summed E-state index contributed by atoms with van der Waals surface area (Å²) in [6, 6.07) is 4.29. The first-order valence-corrected chi connectivity index (χ1v) is 6.80. The average molecular weight is 237 g/mol. The fraction of sp³-hybridized carbons (Fsp3) is 0.583. The van der Waals surface area contributed by atoms with Crippen molar-refractivity contribution in [2.75, 3.05) is 30.8 Å². The second kappa shape index (κ2) is 5.55. The minimum absolute atomic E-state index is 0.715. The smallest absolute Gasteiger partial charge is 0.128 e. The van der Waals surface area contributed by atoms with Crippen LogP contribution in [0.25, 0.3) is 0 Å². The van der Waals surface area contributed by atoms with Gasteiger partial charge in [-0.05, 0) is 18.7 Å². The number of thioether (sulfide) groups is 1. The van der Waals surface area contributed by atoms with Crippen LogP contribution in [0.4, 0.5) is 5.82 Å². The standard InChI is InChI=1S/C12H19N3S/c1-10-9-15(5-6-16-10)12-4-3-11(7-13-2)8-14-12/h3-4,8,10,13H,5-7,9H2,1-2H3. The monoisotopic (exact) mass is 237 g/mol. The first-order valence-electron chi connectivity index (χ1n) is 5.75. The lowest BCUT2D eigenvalue weighted by molar-refractivity contribution is 0.765. The van der Waals surface area contributed by atoms with E-state index in [9.17, 15) is 0 Å². The molecule has 0 spiro atoms. The van der Waals surface area contributed by atoms with Crippen molar-refractivity contribution in [3.05, 3.63) is 23.9 Å². The highest BCUT2D eigenvalue weighted by Gasteiger charge is 2.17. The Morgan fingerprint density at radius 3 is 3.06 bits per heavy atom. The maximum Gasteiger partial charge on any atom is 0.128 e. The highest BCUT2D eigenvalue weighted by Crippen LogP contribution is 2.22. The van der Waals surface area contributed by atoms with E-state index in [1.807, 2.05) is 25.0 Å². The van der Waals surface area contributed by atoms with Gasteiger partial charge in [-0.1, -0.05) is 13.0 Å². The third-order valence-corrected chi connectivity index (χ3v) is 3.89. The molecule has 1 atom stereocenters. The second-order valence-corrected chi connectivity index (χ2v) is 5.73. The van der Waals surface area contributed by atoms with Crippen molar-refractivity contribution in [2.24, 2.45) is 0 Å². The van der Waals surface area contributed by atoms with E-state index in [0.717, 1.165) is 25.5 Å². The molecule has 3 nitrogen and oxygen atoms in total. The van der Waals surface area contributed by atoms with Crippen molar-refractivity contribution >= 4 is 17.6 Å². The topological polar surface area (TPSA) is 28.2 Å². The Morgan fingerprint density at radius 2 is 2.44 bits per heavy atom.